The summed E-state index contributed by atoms with van der Waals surface area (Å²) in [5.41, 5.74) is 5.49. The van der Waals surface area contributed by atoms with E-state index in [0.29, 0.717) is 5.56 Å². The quantitative estimate of drug-likeness (QED) is 0.386. The van der Waals surface area contributed by atoms with Crippen LogP contribution in [0.1, 0.15) is 42.0 Å². The lowest BCUT2D eigenvalue weighted by Gasteiger charge is -2.35. The van der Waals surface area contributed by atoms with E-state index in [4.69, 9.17) is 14.5 Å². The van der Waals surface area contributed by atoms with Gasteiger partial charge in [0.2, 0.25) is 0 Å². The first kappa shape index (κ1) is 27.7. The summed E-state index contributed by atoms with van der Waals surface area (Å²) in [5, 5.41) is 22.6. The number of hydrogen-bond donors (Lipinski definition) is 1. The standard InChI is InChI=1S/C32H36N4O4S/c1-20-3-8-29(40-18-25-5-4-22(12-26(25)13-33)15-35-9-10-39-21(2)14-35)27(11-20)28-19-41-32(34-28)36-16-23-6-7-24(17-36)30(23)31(37)38/h3-5,8,11-12,19,21,23-24,30H,6-7,9-10,14-18H2,1-2H3,(H,37,38). The molecule has 0 radical (unpaired) electrons. The largest absolute Gasteiger partial charge is 0.488 e. The second kappa shape index (κ2) is 11.8. The number of carboxylic acid groups (broad SMARTS) is 1. The molecule has 6 rings (SSSR count). The van der Waals surface area contributed by atoms with Crippen molar-refractivity contribution in [3.63, 3.8) is 0 Å². The van der Waals surface area contributed by atoms with Crippen LogP contribution in [0.3, 0.4) is 0 Å². The van der Waals surface area contributed by atoms with Gasteiger partial charge in [0.1, 0.15) is 12.4 Å². The third kappa shape index (κ3) is 5.96. The fourth-order valence-corrected chi connectivity index (χ4v) is 7.53. The molecular weight excluding hydrogens is 536 g/mol. The number of thiazole rings is 1. The average molecular weight is 573 g/mol. The summed E-state index contributed by atoms with van der Waals surface area (Å²) in [7, 11) is 0. The summed E-state index contributed by atoms with van der Waals surface area (Å²) in [6.07, 6.45) is 2.18. The number of ether oxygens (including phenoxy) is 2. The van der Waals surface area contributed by atoms with E-state index in [-0.39, 0.29) is 30.5 Å². The molecule has 1 aliphatic carbocycles. The van der Waals surface area contributed by atoms with Crippen molar-refractivity contribution >= 4 is 22.4 Å². The summed E-state index contributed by atoms with van der Waals surface area (Å²) in [6, 6.07) is 14.5. The molecule has 3 unspecified atom stereocenters. The number of rotatable bonds is 8. The number of fused-ring (bicyclic) bond motifs is 2. The monoisotopic (exact) mass is 572 g/mol. The molecule has 1 aromatic heterocycles. The Kier molecular flexibility index (Phi) is 7.98. The van der Waals surface area contributed by atoms with Crippen molar-refractivity contribution < 1.29 is 19.4 Å². The number of nitriles is 1. The van der Waals surface area contributed by atoms with Gasteiger partial charge in [0.25, 0.3) is 0 Å². The molecule has 2 saturated heterocycles. The minimum absolute atomic E-state index is 0.189. The van der Waals surface area contributed by atoms with Crippen molar-refractivity contribution in [1.29, 1.82) is 5.26 Å². The number of anilines is 1. The van der Waals surface area contributed by atoms with Gasteiger partial charge in [-0.05, 0) is 62.3 Å². The van der Waals surface area contributed by atoms with E-state index in [0.717, 1.165) is 91.0 Å². The Morgan fingerprint density at radius 2 is 2.00 bits per heavy atom. The van der Waals surface area contributed by atoms with Crippen molar-refractivity contribution in [3.8, 4) is 23.1 Å². The normalized spacial score (nSPS) is 24.3. The molecule has 9 heteroatoms. The molecule has 3 atom stereocenters. The van der Waals surface area contributed by atoms with Gasteiger partial charge in [-0.15, -0.1) is 11.3 Å². The Balaban J connectivity index is 1.16. The van der Waals surface area contributed by atoms with E-state index < -0.39 is 5.97 Å². The zero-order valence-corrected chi connectivity index (χ0v) is 24.4. The second-order valence-electron chi connectivity index (χ2n) is 11.7. The lowest BCUT2D eigenvalue weighted by atomic mass is 9.85. The number of aromatic nitrogens is 1. The molecular formula is C32H36N4O4S. The van der Waals surface area contributed by atoms with Crippen LogP contribution in [0.2, 0.25) is 0 Å². The smallest absolute Gasteiger partial charge is 0.307 e. The molecule has 1 N–H and O–H groups in total. The third-order valence-corrected chi connectivity index (χ3v) is 9.60. The average Bonchev–Trinajstić information content (AvgIpc) is 3.55. The molecule has 3 fully saturated rings. The molecule has 3 heterocycles. The number of carboxylic acids is 1. The molecule has 0 amide bonds. The molecule has 2 aromatic carbocycles. The maximum atomic E-state index is 11.8. The first-order chi connectivity index (χ1) is 19.9. The van der Waals surface area contributed by atoms with Gasteiger partial charge in [-0.2, -0.15) is 5.26 Å². The highest BCUT2D eigenvalue weighted by Crippen LogP contribution is 2.44. The Morgan fingerprint density at radius 1 is 1.20 bits per heavy atom. The van der Waals surface area contributed by atoms with E-state index in [9.17, 15) is 15.2 Å². The second-order valence-corrected chi connectivity index (χ2v) is 12.5. The molecule has 3 aliphatic rings. The summed E-state index contributed by atoms with van der Waals surface area (Å²) in [5.74, 6) is 0.231. The number of nitrogens with zero attached hydrogens (tertiary/aromatic N) is 4. The van der Waals surface area contributed by atoms with Crippen LogP contribution in [-0.2, 0) is 22.7 Å². The van der Waals surface area contributed by atoms with Crippen LogP contribution >= 0.6 is 11.3 Å². The molecule has 0 spiro atoms. The predicted molar refractivity (Wildman–Crippen MR) is 158 cm³/mol. The maximum Gasteiger partial charge on any atom is 0.307 e. The topological polar surface area (TPSA) is 98.9 Å². The predicted octanol–water partition coefficient (Wildman–Crippen LogP) is 5.34. The lowest BCUT2D eigenvalue weighted by molar-refractivity contribution is -0.144. The molecule has 214 valence electrons. The molecule has 8 nitrogen and oxygen atoms in total. The fraction of sp³-hybridized carbons (Fsp3) is 0.469. The van der Waals surface area contributed by atoms with Gasteiger partial charge in [0, 0.05) is 49.2 Å². The highest BCUT2D eigenvalue weighted by molar-refractivity contribution is 7.14. The first-order valence-corrected chi connectivity index (χ1v) is 15.3. The minimum Gasteiger partial charge on any atom is -0.488 e. The van der Waals surface area contributed by atoms with Crippen LogP contribution in [0.25, 0.3) is 11.3 Å². The van der Waals surface area contributed by atoms with E-state index in [1.807, 2.05) is 24.3 Å². The van der Waals surface area contributed by atoms with Crippen LogP contribution in [-0.4, -0.2) is 59.8 Å². The van der Waals surface area contributed by atoms with E-state index >= 15 is 0 Å². The van der Waals surface area contributed by atoms with Crippen LogP contribution in [0.4, 0.5) is 5.13 Å². The van der Waals surface area contributed by atoms with Gasteiger partial charge in [-0.25, -0.2) is 4.98 Å². The number of aliphatic carboxylic acids is 1. The number of piperidine rings is 1. The van der Waals surface area contributed by atoms with E-state index in [2.05, 4.69) is 47.2 Å². The van der Waals surface area contributed by atoms with Gasteiger partial charge >= 0.3 is 5.97 Å². The number of carbonyl (C=O) groups is 1. The Morgan fingerprint density at radius 3 is 2.73 bits per heavy atom. The van der Waals surface area contributed by atoms with Crippen LogP contribution in [0.15, 0.2) is 41.8 Å². The number of hydrogen-bond acceptors (Lipinski definition) is 8. The lowest BCUT2D eigenvalue weighted by Crippen LogP contribution is -2.44. The van der Waals surface area contributed by atoms with Gasteiger partial charge in [-0.3, -0.25) is 9.69 Å². The Bertz CT molecular complexity index is 1450. The van der Waals surface area contributed by atoms with Gasteiger partial charge in [0.15, 0.2) is 5.13 Å². The van der Waals surface area contributed by atoms with Gasteiger partial charge in [-0.1, -0.05) is 23.8 Å². The molecule has 2 bridgehead atoms. The number of morpholine rings is 1. The molecule has 3 aromatic rings. The molecule has 41 heavy (non-hydrogen) atoms. The zero-order valence-electron chi connectivity index (χ0n) is 23.6. The van der Waals surface area contributed by atoms with Crippen molar-refractivity contribution in [2.75, 3.05) is 37.7 Å². The SMILES string of the molecule is Cc1ccc(OCc2ccc(CN3CCOC(C)C3)cc2C#N)c(-c2csc(N3CC4CCC(C3)C4C(=O)O)n2)c1. The zero-order chi connectivity index (χ0) is 28.5. The summed E-state index contributed by atoms with van der Waals surface area (Å²) in [6.45, 7) is 9.25. The third-order valence-electron chi connectivity index (χ3n) is 8.70. The fourth-order valence-electron chi connectivity index (χ4n) is 6.68. The van der Waals surface area contributed by atoms with Gasteiger partial charge < -0.3 is 19.5 Å². The minimum atomic E-state index is -0.653. The number of aryl methyl sites for hydroxylation is 1. The van der Waals surface area contributed by atoms with E-state index in [1.165, 1.54) is 0 Å². The van der Waals surface area contributed by atoms with Crippen molar-refractivity contribution in [2.45, 2.75) is 45.9 Å². The Labute approximate surface area is 245 Å². The van der Waals surface area contributed by atoms with Crippen molar-refractivity contribution in [1.82, 2.24) is 9.88 Å². The molecule has 2 aliphatic heterocycles. The summed E-state index contributed by atoms with van der Waals surface area (Å²) >= 11 is 1.60. The summed E-state index contributed by atoms with van der Waals surface area (Å²) in [4.78, 5) is 21.4. The van der Waals surface area contributed by atoms with Gasteiger partial charge in [0.05, 0.1) is 36.0 Å². The van der Waals surface area contributed by atoms with E-state index in [1.54, 1.807) is 11.3 Å². The Hall–Kier alpha value is -3.45. The highest BCUT2D eigenvalue weighted by atomic mass is 32.1. The first-order valence-electron chi connectivity index (χ1n) is 14.4. The number of benzene rings is 2. The maximum absolute atomic E-state index is 11.8. The molecule has 1 saturated carbocycles. The highest BCUT2D eigenvalue weighted by Gasteiger charge is 2.46. The van der Waals surface area contributed by atoms with Crippen LogP contribution in [0, 0.1) is 36.0 Å². The van der Waals surface area contributed by atoms with Crippen LogP contribution in [0.5, 0.6) is 5.75 Å². The van der Waals surface area contributed by atoms with Crippen LogP contribution < -0.4 is 9.64 Å². The van der Waals surface area contributed by atoms with Crippen molar-refractivity contribution in [2.24, 2.45) is 17.8 Å². The summed E-state index contributed by atoms with van der Waals surface area (Å²) < 4.78 is 12.0. The van der Waals surface area contributed by atoms with Crippen molar-refractivity contribution in [3.05, 3.63) is 64.0 Å².